The van der Waals surface area contributed by atoms with Crippen LogP contribution in [0.1, 0.15) is 16.7 Å². The van der Waals surface area contributed by atoms with Crippen molar-refractivity contribution in [3.63, 3.8) is 0 Å². The predicted molar refractivity (Wildman–Crippen MR) is 113 cm³/mol. The number of nitrogens with zero attached hydrogens (tertiary/aromatic N) is 1. The Morgan fingerprint density at radius 2 is 1.76 bits per heavy atom. The number of nitrogens with two attached hydrogens (primary N) is 1. The molecule has 0 atom stereocenters. The van der Waals surface area contributed by atoms with Crippen molar-refractivity contribution in [1.29, 1.82) is 0 Å². The maximum absolute atomic E-state index is 11.8. The molecule has 0 amide bonds. The van der Waals surface area contributed by atoms with Crippen LogP contribution in [-0.2, 0) is 16.6 Å². The number of aryl methyl sites for hydroxylation is 2. The van der Waals surface area contributed by atoms with Gasteiger partial charge in [0.1, 0.15) is 0 Å². The Kier molecular flexibility index (Phi) is 7.84. The Morgan fingerprint density at radius 3 is 2.36 bits per heavy atom. The molecule has 0 aliphatic carbocycles. The van der Waals surface area contributed by atoms with E-state index in [0.29, 0.717) is 0 Å². The first-order valence-corrected chi connectivity index (χ1v) is 8.96. The number of benzene rings is 2. The van der Waals surface area contributed by atoms with E-state index in [1.54, 1.807) is 12.1 Å². The van der Waals surface area contributed by atoms with Gasteiger partial charge in [-0.2, -0.15) is 0 Å². The average Bonchev–Trinajstić information content (AvgIpc) is 2.52. The Balaban J connectivity index is 0.00000312. The molecule has 0 heterocycles. The van der Waals surface area contributed by atoms with Crippen LogP contribution in [0.4, 0.5) is 5.69 Å². The first-order chi connectivity index (χ1) is 11.3. The van der Waals surface area contributed by atoms with E-state index in [1.165, 1.54) is 13.1 Å². The molecule has 4 N–H and O–H groups in total. The summed E-state index contributed by atoms with van der Waals surface area (Å²) in [7, 11) is -2.08. The molecule has 136 valence electrons. The average molecular weight is 474 g/mol. The summed E-state index contributed by atoms with van der Waals surface area (Å²) in [6.07, 6.45) is 0. The largest absolute Gasteiger partial charge is 0.370 e. The van der Waals surface area contributed by atoms with E-state index in [4.69, 9.17) is 5.73 Å². The number of anilines is 1. The summed E-state index contributed by atoms with van der Waals surface area (Å²) in [6.45, 7) is 4.31. The second-order valence-electron chi connectivity index (χ2n) is 5.56. The van der Waals surface area contributed by atoms with Crippen LogP contribution in [0, 0.1) is 13.8 Å². The highest BCUT2D eigenvalue weighted by Gasteiger charge is 2.11. The highest BCUT2D eigenvalue weighted by atomic mass is 127. The monoisotopic (exact) mass is 474 g/mol. The van der Waals surface area contributed by atoms with Crippen molar-refractivity contribution in [2.45, 2.75) is 25.3 Å². The van der Waals surface area contributed by atoms with E-state index in [-0.39, 0.29) is 41.4 Å². The lowest BCUT2D eigenvalue weighted by Gasteiger charge is -2.08. The summed E-state index contributed by atoms with van der Waals surface area (Å²) in [6, 6.07) is 12.7. The van der Waals surface area contributed by atoms with Gasteiger partial charge in [-0.25, -0.2) is 18.1 Å². The molecule has 8 heteroatoms. The van der Waals surface area contributed by atoms with Crippen LogP contribution in [-0.4, -0.2) is 21.4 Å². The first-order valence-electron chi connectivity index (χ1n) is 7.48. The maximum atomic E-state index is 11.8. The minimum absolute atomic E-state index is 0. The second-order valence-corrected chi connectivity index (χ2v) is 7.44. The molecule has 0 aromatic heterocycles. The van der Waals surface area contributed by atoms with Crippen molar-refractivity contribution in [3.8, 4) is 0 Å². The Labute approximate surface area is 166 Å². The lowest BCUT2D eigenvalue weighted by Crippen LogP contribution is -2.22. The van der Waals surface area contributed by atoms with Gasteiger partial charge >= 0.3 is 0 Å². The molecular weight excluding hydrogens is 451 g/mol. The lowest BCUT2D eigenvalue weighted by atomic mass is 10.1. The van der Waals surface area contributed by atoms with E-state index in [0.717, 1.165) is 22.4 Å². The highest BCUT2D eigenvalue weighted by Crippen LogP contribution is 2.14. The van der Waals surface area contributed by atoms with Gasteiger partial charge in [-0.3, -0.25) is 0 Å². The van der Waals surface area contributed by atoms with Crippen LogP contribution >= 0.6 is 24.0 Å². The molecule has 0 radical (unpaired) electrons. The number of halogens is 1. The van der Waals surface area contributed by atoms with Crippen LogP contribution in [0.15, 0.2) is 52.4 Å². The summed E-state index contributed by atoms with van der Waals surface area (Å²) in [5.41, 5.74) is 9.82. The van der Waals surface area contributed by atoms with E-state index in [1.807, 2.05) is 32.0 Å². The van der Waals surface area contributed by atoms with Crippen molar-refractivity contribution in [3.05, 3.63) is 59.2 Å². The molecule has 0 saturated heterocycles. The topological polar surface area (TPSA) is 96.6 Å². The summed E-state index contributed by atoms with van der Waals surface area (Å²) >= 11 is 0. The van der Waals surface area contributed by atoms with E-state index in [9.17, 15) is 8.42 Å². The molecule has 6 nitrogen and oxygen atoms in total. The Bertz CT molecular complexity index is 846. The van der Waals surface area contributed by atoms with Crippen molar-refractivity contribution in [2.24, 2.45) is 10.7 Å². The molecule has 2 aromatic rings. The van der Waals surface area contributed by atoms with Crippen LogP contribution in [0.2, 0.25) is 0 Å². The minimum atomic E-state index is -3.46. The lowest BCUT2D eigenvalue weighted by molar-refractivity contribution is 0.588. The van der Waals surface area contributed by atoms with E-state index >= 15 is 0 Å². The van der Waals surface area contributed by atoms with Crippen LogP contribution in [0.5, 0.6) is 0 Å². The van der Waals surface area contributed by atoms with Gasteiger partial charge in [0.2, 0.25) is 10.0 Å². The summed E-state index contributed by atoms with van der Waals surface area (Å²) in [5, 5.41) is 3.05. The fourth-order valence-electron chi connectivity index (χ4n) is 2.34. The van der Waals surface area contributed by atoms with Crippen molar-refractivity contribution >= 4 is 45.6 Å². The quantitative estimate of drug-likeness (QED) is 0.353. The Morgan fingerprint density at radius 1 is 1.12 bits per heavy atom. The second kappa shape index (κ2) is 9.16. The van der Waals surface area contributed by atoms with Crippen molar-refractivity contribution < 1.29 is 8.42 Å². The SMILES string of the molecule is CNS(=O)(=O)c1cccc(CN=C(N)Nc2cc(C)cc(C)c2)c1.I. The summed E-state index contributed by atoms with van der Waals surface area (Å²) < 4.78 is 25.9. The van der Waals surface area contributed by atoms with Gasteiger partial charge in [0.15, 0.2) is 5.96 Å². The maximum Gasteiger partial charge on any atom is 0.240 e. The number of rotatable bonds is 5. The van der Waals surface area contributed by atoms with Gasteiger partial charge in [-0.1, -0.05) is 18.2 Å². The zero-order valence-corrected chi connectivity index (χ0v) is 17.6. The molecule has 25 heavy (non-hydrogen) atoms. The normalized spacial score (nSPS) is 11.7. The number of nitrogens with one attached hydrogen (secondary N) is 2. The van der Waals surface area contributed by atoms with Gasteiger partial charge in [0.05, 0.1) is 11.4 Å². The number of sulfonamides is 1. The third-order valence-electron chi connectivity index (χ3n) is 3.40. The minimum Gasteiger partial charge on any atom is -0.370 e. The first kappa shape index (κ1) is 21.4. The number of aliphatic imine (C=N–C) groups is 1. The third kappa shape index (κ3) is 6.29. The zero-order chi connectivity index (χ0) is 17.7. The van der Waals surface area contributed by atoms with E-state index in [2.05, 4.69) is 21.1 Å². The molecule has 0 spiro atoms. The van der Waals surface area contributed by atoms with Gasteiger partial charge in [-0.05, 0) is 61.9 Å². The highest BCUT2D eigenvalue weighted by molar-refractivity contribution is 14.0. The summed E-state index contributed by atoms with van der Waals surface area (Å²) in [5.74, 6) is 0.280. The fraction of sp³-hybridized carbons (Fsp3) is 0.235. The molecule has 0 bridgehead atoms. The summed E-state index contributed by atoms with van der Waals surface area (Å²) in [4.78, 5) is 4.47. The zero-order valence-electron chi connectivity index (χ0n) is 14.4. The van der Waals surface area contributed by atoms with Gasteiger partial charge in [0, 0.05) is 5.69 Å². The van der Waals surface area contributed by atoms with Crippen molar-refractivity contribution in [2.75, 3.05) is 12.4 Å². The molecule has 0 unspecified atom stereocenters. The number of guanidine groups is 1. The smallest absolute Gasteiger partial charge is 0.240 e. The van der Waals surface area contributed by atoms with Gasteiger partial charge in [0.25, 0.3) is 0 Å². The molecule has 2 aromatic carbocycles. The van der Waals surface area contributed by atoms with Crippen LogP contribution in [0.25, 0.3) is 0 Å². The van der Waals surface area contributed by atoms with Gasteiger partial charge < -0.3 is 11.1 Å². The third-order valence-corrected chi connectivity index (χ3v) is 4.82. The fourth-order valence-corrected chi connectivity index (χ4v) is 3.14. The molecule has 0 aliphatic heterocycles. The number of hydrogen-bond donors (Lipinski definition) is 3. The standard InChI is InChI=1S/C17H22N4O2S.HI/c1-12-7-13(2)9-15(8-12)21-17(18)20-11-14-5-4-6-16(10-14)24(22,23)19-3;/h4-10,19H,11H2,1-3H3,(H3,18,20,21);1H. The molecule has 0 fully saturated rings. The predicted octanol–water partition coefficient (Wildman–Crippen LogP) is 2.76. The van der Waals surface area contributed by atoms with Crippen molar-refractivity contribution in [1.82, 2.24) is 4.72 Å². The van der Waals surface area contributed by atoms with E-state index < -0.39 is 10.0 Å². The number of hydrogen-bond acceptors (Lipinski definition) is 3. The molecule has 2 rings (SSSR count). The van der Waals surface area contributed by atoms with Crippen LogP contribution < -0.4 is 15.8 Å². The van der Waals surface area contributed by atoms with Crippen LogP contribution in [0.3, 0.4) is 0 Å². The Hall–Kier alpha value is -1.65. The molecule has 0 aliphatic rings. The molecular formula is C17H23IN4O2S. The van der Waals surface area contributed by atoms with Gasteiger partial charge in [-0.15, -0.1) is 24.0 Å². The molecule has 0 saturated carbocycles.